The van der Waals surface area contributed by atoms with Crippen LogP contribution in [0.5, 0.6) is 0 Å². The predicted octanol–water partition coefficient (Wildman–Crippen LogP) is 2.45. The number of aromatic nitrogens is 2. The molecule has 0 atom stereocenters. The standard InChI is InChI=1S/C21H32N6O/c1-15(2)19-18(14-27(7)24-19)13-26(6)21(22-3)23-12-16-8-10-17(11-9-16)20(28)25(4)5/h8-11,14-15H,12-13H2,1-7H3,(H,22,23). The molecular weight excluding hydrogens is 352 g/mol. The lowest BCUT2D eigenvalue weighted by Gasteiger charge is -2.22. The van der Waals surface area contributed by atoms with E-state index in [9.17, 15) is 4.79 Å². The van der Waals surface area contributed by atoms with Gasteiger partial charge >= 0.3 is 0 Å². The van der Waals surface area contributed by atoms with Gasteiger partial charge in [-0.05, 0) is 23.6 Å². The molecule has 0 aliphatic heterocycles. The molecule has 1 aromatic carbocycles. The number of carbonyl (C=O) groups is 1. The smallest absolute Gasteiger partial charge is 0.253 e. The average molecular weight is 385 g/mol. The van der Waals surface area contributed by atoms with E-state index in [2.05, 4.69) is 40.4 Å². The summed E-state index contributed by atoms with van der Waals surface area (Å²) in [5.74, 6) is 1.20. The van der Waals surface area contributed by atoms with E-state index >= 15 is 0 Å². The first kappa shape index (κ1) is 21.5. The number of amides is 1. The normalized spacial score (nSPS) is 11.6. The van der Waals surface area contributed by atoms with Crippen molar-refractivity contribution >= 4 is 11.9 Å². The van der Waals surface area contributed by atoms with Gasteiger partial charge in [0.2, 0.25) is 0 Å². The van der Waals surface area contributed by atoms with Gasteiger partial charge in [0.15, 0.2) is 5.96 Å². The minimum absolute atomic E-state index is 0.00693. The quantitative estimate of drug-likeness (QED) is 0.614. The maximum Gasteiger partial charge on any atom is 0.253 e. The second-order valence-corrected chi connectivity index (χ2v) is 7.52. The van der Waals surface area contributed by atoms with Crippen molar-refractivity contribution in [1.82, 2.24) is 24.9 Å². The molecule has 2 rings (SSSR count). The van der Waals surface area contributed by atoms with Gasteiger partial charge in [-0.25, -0.2) is 0 Å². The second-order valence-electron chi connectivity index (χ2n) is 7.52. The molecule has 0 fully saturated rings. The van der Waals surface area contributed by atoms with Gasteiger partial charge in [-0.3, -0.25) is 14.5 Å². The summed E-state index contributed by atoms with van der Waals surface area (Å²) >= 11 is 0. The molecule has 0 spiro atoms. The average Bonchev–Trinajstić information content (AvgIpc) is 3.02. The number of nitrogens with one attached hydrogen (secondary N) is 1. The Hall–Kier alpha value is -2.83. The third-order valence-corrected chi connectivity index (χ3v) is 4.52. The molecule has 7 heteroatoms. The first-order valence-corrected chi connectivity index (χ1v) is 9.47. The predicted molar refractivity (Wildman–Crippen MR) is 113 cm³/mol. The van der Waals surface area contributed by atoms with Crippen LogP contribution in [-0.4, -0.2) is 59.6 Å². The van der Waals surface area contributed by atoms with Crippen LogP contribution in [0.2, 0.25) is 0 Å². The van der Waals surface area contributed by atoms with Crippen LogP contribution in [0.4, 0.5) is 0 Å². The van der Waals surface area contributed by atoms with E-state index in [4.69, 9.17) is 0 Å². The van der Waals surface area contributed by atoms with E-state index in [0.717, 1.165) is 23.8 Å². The zero-order chi connectivity index (χ0) is 20.8. The monoisotopic (exact) mass is 384 g/mol. The zero-order valence-corrected chi connectivity index (χ0v) is 18.0. The van der Waals surface area contributed by atoms with E-state index in [-0.39, 0.29) is 5.91 Å². The Kier molecular flexibility index (Phi) is 7.20. The number of hydrogen-bond acceptors (Lipinski definition) is 3. The molecule has 0 unspecified atom stereocenters. The van der Waals surface area contributed by atoms with Crippen molar-refractivity contribution in [2.24, 2.45) is 12.0 Å². The fourth-order valence-corrected chi connectivity index (χ4v) is 3.08. The number of guanidine groups is 1. The highest BCUT2D eigenvalue weighted by Crippen LogP contribution is 2.18. The summed E-state index contributed by atoms with van der Waals surface area (Å²) in [5.41, 5.74) is 4.10. The van der Waals surface area contributed by atoms with Gasteiger partial charge < -0.3 is 15.1 Å². The molecule has 1 heterocycles. The van der Waals surface area contributed by atoms with Crippen molar-refractivity contribution in [2.75, 3.05) is 28.2 Å². The van der Waals surface area contributed by atoms with E-state index in [1.54, 1.807) is 26.0 Å². The van der Waals surface area contributed by atoms with Crippen molar-refractivity contribution in [3.05, 3.63) is 52.8 Å². The van der Waals surface area contributed by atoms with Crippen LogP contribution < -0.4 is 5.32 Å². The lowest BCUT2D eigenvalue weighted by Crippen LogP contribution is -2.38. The van der Waals surface area contributed by atoms with Crippen LogP contribution in [0.25, 0.3) is 0 Å². The molecule has 0 saturated heterocycles. The Morgan fingerprint density at radius 2 is 1.86 bits per heavy atom. The van der Waals surface area contributed by atoms with Gasteiger partial charge in [0, 0.05) is 65.7 Å². The third kappa shape index (κ3) is 5.34. The molecule has 0 saturated carbocycles. The molecule has 1 amide bonds. The number of aryl methyl sites for hydroxylation is 1. The highest BCUT2D eigenvalue weighted by Gasteiger charge is 2.15. The van der Waals surface area contributed by atoms with Crippen LogP contribution in [0.1, 0.15) is 46.9 Å². The van der Waals surface area contributed by atoms with Gasteiger partial charge in [0.1, 0.15) is 0 Å². The molecule has 28 heavy (non-hydrogen) atoms. The summed E-state index contributed by atoms with van der Waals surface area (Å²) in [4.78, 5) is 20.0. The zero-order valence-electron chi connectivity index (χ0n) is 18.0. The van der Waals surface area contributed by atoms with Crippen molar-refractivity contribution < 1.29 is 4.79 Å². The van der Waals surface area contributed by atoms with Gasteiger partial charge in [-0.15, -0.1) is 0 Å². The Morgan fingerprint density at radius 1 is 1.21 bits per heavy atom. The summed E-state index contributed by atoms with van der Waals surface area (Å²) in [7, 11) is 9.26. The summed E-state index contributed by atoms with van der Waals surface area (Å²) in [6.45, 7) is 5.68. The molecule has 2 aromatic rings. The van der Waals surface area contributed by atoms with E-state index in [1.807, 2.05) is 43.0 Å². The summed E-state index contributed by atoms with van der Waals surface area (Å²) < 4.78 is 1.87. The maximum atomic E-state index is 12.0. The first-order valence-electron chi connectivity index (χ1n) is 9.47. The molecular formula is C21H32N6O. The molecule has 1 aromatic heterocycles. The van der Waals surface area contributed by atoms with Gasteiger partial charge in [-0.1, -0.05) is 26.0 Å². The number of carbonyl (C=O) groups excluding carboxylic acids is 1. The molecule has 152 valence electrons. The highest BCUT2D eigenvalue weighted by molar-refractivity contribution is 5.93. The maximum absolute atomic E-state index is 12.0. The Labute approximate surface area is 168 Å². The third-order valence-electron chi connectivity index (χ3n) is 4.52. The topological polar surface area (TPSA) is 65.8 Å². The summed E-state index contributed by atoms with van der Waals surface area (Å²) in [6, 6.07) is 7.65. The van der Waals surface area contributed by atoms with Crippen molar-refractivity contribution in [2.45, 2.75) is 32.9 Å². The van der Waals surface area contributed by atoms with Crippen molar-refractivity contribution in [1.29, 1.82) is 0 Å². The van der Waals surface area contributed by atoms with Crippen LogP contribution in [-0.2, 0) is 20.1 Å². The number of aliphatic imine (C=N–C) groups is 1. The van der Waals surface area contributed by atoms with Gasteiger partial charge in [0.25, 0.3) is 5.91 Å². The van der Waals surface area contributed by atoms with E-state index < -0.39 is 0 Å². The summed E-state index contributed by atoms with van der Waals surface area (Å²) in [5, 5.41) is 7.96. The van der Waals surface area contributed by atoms with Crippen molar-refractivity contribution in [3.63, 3.8) is 0 Å². The lowest BCUT2D eigenvalue weighted by molar-refractivity contribution is 0.0827. The molecule has 0 aliphatic carbocycles. The molecule has 0 aliphatic rings. The van der Waals surface area contributed by atoms with Gasteiger partial charge in [0.05, 0.1) is 5.69 Å². The summed E-state index contributed by atoms with van der Waals surface area (Å²) in [6.07, 6.45) is 2.07. The molecule has 1 N–H and O–H groups in total. The number of rotatable bonds is 6. The Balaban J connectivity index is 2.00. The van der Waals surface area contributed by atoms with Crippen molar-refractivity contribution in [3.8, 4) is 0 Å². The van der Waals surface area contributed by atoms with Gasteiger partial charge in [-0.2, -0.15) is 5.10 Å². The minimum Gasteiger partial charge on any atom is -0.352 e. The number of nitrogens with zero attached hydrogens (tertiary/aromatic N) is 5. The SMILES string of the molecule is CN=C(NCc1ccc(C(=O)N(C)C)cc1)N(C)Cc1cn(C)nc1C(C)C. The minimum atomic E-state index is 0.00693. The van der Waals surface area contributed by atoms with E-state index in [1.165, 1.54) is 5.56 Å². The van der Waals surface area contributed by atoms with E-state index in [0.29, 0.717) is 18.0 Å². The second kappa shape index (κ2) is 9.39. The molecule has 0 bridgehead atoms. The van der Waals surface area contributed by atoms with Crippen LogP contribution in [0, 0.1) is 0 Å². The Bertz CT molecular complexity index is 820. The number of hydrogen-bond donors (Lipinski definition) is 1. The van der Waals surface area contributed by atoms with Crippen LogP contribution in [0.15, 0.2) is 35.5 Å². The van der Waals surface area contributed by atoms with Crippen LogP contribution >= 0.6 is 0 Å². The molecule has 7 nitrogen and oxygen atoms in total. The van der Waals surface area contributed by atoms with Crippen LogP contribution in [0.3, 0.4) is 0 Å². The highest BCUT2D eigenvalue weighted by atomic mass is 16.2. The lowest BCUT2D eigenvalue weighted by atomic mass is 10.1. The molecule has 0 radical (unpaired) electrons. The fraction of sp³-hybridized carbons (Fsp3) is 0.476. The largest absolute Gasteiger partial charge is 0.352 e. The number of benzene rings is 1. The Morgan fingerprint density at radius 3 is 2.39 bits per heavy atom. The first-order chi connectivity index (χ1) is 13.2. The fourth-order valence-electron chi connectivity index (χ4n) is 3.08.